The summed E-state index contributed by atoms with van der Waals surface area (Å²) in [4.78, 5) is 20.0. The number of hydrogen-bond acceptors (Lipinski definition) is 5. The van der Waals surface area contributed by atoms with E-state index in [4.69, 9.17) is 19.9 Å². The van der Waals surface area contributed by atoms with Gasteiger partial charge in [0, 0.05) is 41.1 Å². The van der Waals surface area contributed by atoms with Crippen molar-refractivity contribution in [1.82, 2.24) is 19.7 Å². The Morgan fingerprint density at radius 2 is 2.13 bits per heavy atom. The lowest BCUT2D eigenvalue weighted by molar-refractivity contribution is -0.139. The minimum absolute atomic E-state index is 0.384. The van der Waals surface area contributed by atoms with Crippen LogP contribution in [-0.4, -0.2) is 37.4 Å². The van der Waals surface area contributed by atoms with E-state index in [0.717, 1.165) is 58.5 Å². The molecule has 4 aromatic rings. The van der Waals surface area contributed by atoms with Crippen molar-refractivity contribution in [1.29, 1.82) is 0 Å². The standard InChI is InChI=1S/C23H20N4O3/c1-14-4-2-5-18(25-14)23-22(20-6-3-11-27(20)26-23)17-9-10-24-19-12-15(7-8-16(17)19)30-13-21(28)29/h2,4-5,7-10,12H,3,6,11,13H2,1H3,(H,28,29). The third-order valence-corrected chi connectivity index (χ3v) is 5.32. The molecule has 1 aromatic carbocycles. The van der Waals surface area contributed by atoms with Gasteiger partial charge in [-0.05, 0) is 55.7 Å². The minimum atomic E-state index is -1.01. The first kappa shape index (κ1) is 18.3. The number of carbonyl (C=O) groups is 1. The molecule has 7 heteroatoms. The van der Waals surface area contributed by atoms with E-state index in [1.807, 2.05) is 37.3 Å². The average molecular weight is 400 g/mol. The predicted octanol–water partition coefficient (Wildman–Crippen LogP) is 3.88. The molecule has 0 fully saturated rings. The number of carboxylic acid groups (broad SMARTS) is 1. The number of rotatable bonds is 5. The van der Waals surface area contributed by atoms with Crippen LogP contribution in [0.25, 0.3) is 33.4 Å². The van der Waals surface area contributed by atoms with E-state index in [1.54, 1.807) is 18.3 Å². The molecule has 0 spiro atoms. The van der Waals surface area contributed by atoms with Gasteiger partial charge >= 0.3 is 5.97 Å². The summed E-state index contributed by atoms with van der Waals surface area (Å²) in [6.07, 6.45) is 3.82. The summed E-state index contributed by atoms with van der Waals surface area (Å²) in [6, 6.07) is 13.5. The minimum Gasteiger partial charge on any atom is -0.482 e. The van der Waals surface area contributed by atoms with Gasteiger partial charge in [-0.25, -0.2) is 4.79 Å². The number of carboxylic acids is 1. The third-order valence-electron chi connectivity index (χ3n) is 5.32. The fourth-order valence-corrected chi connectivity index (χ4v) is 4.05. The Morgan fingerprint density at radius 1 is 1.23 bits per heavy atom. The quantitative estimate of drug-likeness (QED) is 0.547. The molecule has 30 heavy (non-hydrogen) atoms. The Hall–Kier alpha value is -3.74. The van der Waals surface area contributed by atoms with Gasteiger partial charge in [-0.2, -0.15) is 5.10 Å². The maximum absolute atomic E-state index is 10.8. The van der Waals surface area contributed by atoms with Crippen molar-refractivity contribution in [2.45, 2.75) is 26.3 Å². The van der Waals surface area contributed by atoms with Gasteiger partial charge in [0.15, 0.2) is 6.61 Å². The highest BCUT2D eigenvalue weighted by Crippen LogP contribution is 2.40. The maximum atomic E-state index is 10.8. The average Bonchev–Trinajstić information content (AvgIpc) is 3.33. The summed E-state index contributed by atoms with van der Waals surface area (Å²) in [7, 11) is 0. The van der Waals surface area contributed by atoms with E-state index in [-0.39, 0.29) is 6.61 Å². The van der Waals surface area contributed by atoms with Crippen LogP contribution in [0.4, 0.5) is 0 Å². The number of aryl methyl sites for hydroxylation is 2. The van der Waals surface area contributed by atoms with Crippen LogP contribution >= 0.6 is 0 Å². The SMILES string of the molecule is Cc1cccc(-c2nn3c(c2-c2ccnc4cc(OCC(=O)O)ccc24)CCC3)n1. The van der Waals surface area contributed by atoms with Crippen molar-refractivity contribution < 1.29 is 14.6 Å². The first-order chi connectivity index (χ1) is 14.6. The zero-order valence-electron chi connectivity index (χ0n) is 16.5. The zero-order chi connectivity index (χ0) is 20.7. The molecule has 0 aliphatic carbocycles. The normalized spacial score (nSPS) is 12.8. The van der Waals surface area contributed by atoms with Crippen molar-refractivity contribution in [3.05, 3.63) is 60.0 Å². The van der Waals surface area contributed by atoms with E-state index in [0.29, 0.717) is 5.75 Å². The second-order valence-corrected chi connectivity index (χ2v) is 7.38. The Kier molecular flexibility index (Phi) is 4.43. The molecule has 0 unspecified atom stereocenters. The van der Waals surface area contributed by atoms with Crippen LogP contribution in [-0.2, 0) is 17.8 Å². The van der Waals surface area contributed by atoms with Gasteiger partial charge in [0.1, 0.15) is 11.4 Å². The molecular weight excluding hydrogens is 380 g/mol. The first-order valence-electron chi connectivity index (χ1n) is 9.87. The van der Waals surface area contributed by atoms with Crippen molar-refractivity contribution in [2.75, 3.05) is 6.61 Å². The van der Waals surface area contributed by atoms with Crippen molar-refractivity contribution in [2.24, 2.45) is 0 Å². The molecule has 150 valence electrons. The fraction of sp³-hybridized carbons (Fsp3) is 0.217. The molecule has 0 atom stereocenters. The van der Waals surface area contributed by atoms with Gasteiger partial charge in [0.2, 0.25) is 0 Å². The molecular formula is C23H20N4O3. The fourth-order valence-electron chi connectivity index (χ4n) is 4.05. The van der Waals surface area contributed by atoms with E-state index >= 15 is 0 Å². The van der Waals surface area contributed by atoms with Crippen LogP contribution in [0.5, 0.6) is 5.75 Å². The molecule has 0 bridgehead atoms. The van der Waals surface area contributed by atoms with Crippen LogP contribution in [0.3, 0.4) is 0 Å². The highest BCUT2D eigenvalue weighted by Gasteiger charge is 2.25. The van der Waals surface area contributed by atoms with Gasteiger partial charge in [-0.1, -0.05) is 6.07 Å². The molecule has 0 saturated carbocycles. The molecule has 1 aliphatic rings. The number of nitrogens with zero attached hydrogens (tertiary/aromatic N) is 4. The van der Waals surface area contributed by atoms with E-state index in [2.05, 4.69) is 9.67 Å². The second-order valence-electron chi connectivity index (χ2n) is 7.38. The van der Waals surface area contributed by atoms with Gasteiger partial charge in [-0.3, -0.25) is 14.6 Å². The smallest absolute Gasteiger partial charge is 0.341 e. The predicted molar refractivity (Wildman–Crippen MR) is 112 cm³/mol. The molecule has 0 amide bonds. The van der Waals surface area contributed by atoms with Crippen LogP contribution < -0.4 is 4.74 Å². The molecule has 1 aliphatic heterocycles. The van der Waals surface area contributed by atoms with Crippen LogP contribution in [0, 0.1) is 6.92 Å². The molecule has 5 rings (SSSR count). The monoisotopic (exact) mass is 400 g/mol. The van der Waals surface area contributed by atoms with Crippen LogP contribution in [0.15, 0.2) is 48.7 Å². The molecule has 3 aromatic heterocycles. The number of hydrogen-bond donors (Lipinski definition) is 1. The second kappa shape index (κ2) is 7.26. The number of benzene rings is 1. The summed E-state index contributed by atoms with van der Waals surface area (Å²) in [5, 5.41) is 14.7. The van der Waals surface area contributed by atoms with Gasteiger partial charge in [0.05, 0.1) is 11.2 Å². The number of ether oxygens (including phenoxy) is 1. The number of aliphatic carboxylic acids is 1. The summed E-state index contributed by atoms with van der Waals surface area (Å²) < 4.78 is 7.41. The molecule has 1 N–H and O–H groups in total. The summed E-state index contributed by atoms with van der Waals surface area (Å²) >= 11 is 0. The Morgan fingerprint density at radius 3 is 2.97 bits per heavy atom. The summed E-state index contributed by atoms with van der Waals surface area (Å²) in [6.45, 7) is 2.50. The maximum Gasteiger partial charge on any atom is 0.341 e. The molecule has 7 nitrogen and oxygen atoms in total. The lowest BCUT2D eigenvalue weighted by Crippen LogP contribution is -2.09. The molecule has 4 heterocycles. The Bertz CT molecular complexity index is 1280. The number of aromatic nitrogens is 4. The lowest BCUT2D eigenvalue weighted by Gasteiger charge is -2.10. The topological polar surface area (TPSA) is 90.1 Å². The van der Waals surface area contributed by atoms with Crippen LogP contribution in [0.1, 0.15) is 17.8 Å². The Balaban J connectivity index is 1.68. The van der Waals surface area contributed by atoms with Crippen molar-refractivity contribution >= 4 is 16.9 Å². The number of pyridine rings is 2. The third kappa shape index (κ3) is 3.18. The van der Waals surface area contributed by atoms with Crippen LogP contribution in [0.2, 0.25) is 0 Å². The lowest BCUT2D eigenvalue weighted by atomic mass is 9.96. The summed E-state index contributed by atoms with van der Waals surface area (Å²) in [5.41, 5.74) is 6.80. The van der Waals surface area contributed by atoms with Gasteiger partial charge in [-0.15, -0.1) is 0 Å². The van der Waals surface area contributed by atoms with Gasteiger partial charge in [0.25, 0.3) is 0 Å². The summed E-state index contributed by atoms with van der Waals surface area (Å²) in [5.74, 6) is -0.530. The van der Waals surface area contributed by atoms with Crippen molar-refractivity contribution in [3.8, 4) is 28.3 Å². The molecule has 0 saturated heterocycles. The zero-order valence-corrected chi connectivity index (χ0v) is 16.5. The number of fused-ring (bicyclic) bond motifs is 2. The highest BCUT2D eigenvalue weighted by atomic mass is 16.5. The largest absolute Gasteiger partial charge is 0.482 e. The highest BCUT2D eigenvalue weighted by molar-refractivity contribution is 5.99. The van der Waals surface area contributed by atoms with E-state index in [1.165, 1.54) is 5.69 Å². The Labute approximate surface area is 173 Å². The van der Waals surface area contributed by atoms with Crippen molar-refractivity contribution in [3.63, 3.8) is 0 Å². The van der Waals surface area contributed by atoms with Gasteiger partial charge < -0.3 is 9.84 Å². The van der Waals surface area contributed by atoms with E-state index < -0.39 is 5.97 Å². The molecule has 0 radical (unpaired) electrons. The van der Waals surface area contributed by atoms with E-state index in [9.17, 15) is 4.79 Å². The first-order valence-corrected chi connectivity index (χ1v) is 9.87.